The fraction of sp³-hybridized carbons (Fsp3) is 0.417. The maximum absolute atomic E-state index is 8.71. The minimum absolute atomic E-state index is 0.00277. The molecule has 0 radical (unpaired) electrons. The summed E-state index contributed by atoms with van der Waals surface area (Å²) < 4.78 is 5.63. The van der Waals surface area contributed by atoms with E-state index in [1.165, 1.54) is 0 Å². The molecule has 17 heavy (non-hydrogen) atoms. The van der Waals surface area contributed by atoms with Gasteiger partial charge in [0.2, 0.25) is 0 Å². The fourth-order valence-corrected chi connectivity index (χ4v) is 2.27. The second kappa shape index (κ2) is 4.64. The molecule has 5 heteroatoms. The van der Waals surface area contributed by atoms with Gasteiger partial charge in [-0.2, -0.15) is 5.26 Å². The number of nitrogen functional groups attached to an aromatic ring is 1. The fourth-order valence-electron chi connectivity index (χ4n) is 1.66. The van der Waals surface area contributed by atoms with E-state index in [2.05, 4.69) is 6.07 Å². The lowest BCUT2D eigenvalue weighted by Crippen LogP contribution is -2.12. The van der Waals surface area contributed by atoms with Crippen LogP contribution < -0.4 is 10.5 Å². The highest BCUT2D eigenvalue weighted by molar-refractivity contribution is 6.37. The summed E-state index contributed by atoms with van der Waals surface area (Å²) in [6.07, 6.45) is 2.55. The first-order chi connectivity index (χ1) is 8.06. The normalized spacial score (nSPS) is 16.3. The lowest BCUT2D eigenvalue weighted by atomic mass is 10.1. The van der Waals surface area contributed by atoms with Crippen LogP contribution in [0.4, 0.5) is 5.69 Å². The molecule has 0 heterocycles. The Kier molecular flexibility index (Phi) is 3.37. The van der Waals surface area contributed by atoms with Crippen LogP contribution in [0.2, 0.25) is 10.0 Å². The van der Waals surface area contributed by atoms with Crippen molar-refractivity contribution in [2.45, 2.75) is 19.3 Å². The Morgan fingerprint density at radius 2 is 1.94 bits per heavy atom. The highest BCUT2D eigenvalue weighted by Gasteiger charge is 2.43. The van der Waals surface area contributed by atoms with E-state index in [0.717, 1.165) is 12.8 Å². The van der Waals surface area contributed by atoms with Gasteiger partial charge in [-0.05, 0) is 25.0 Å². The third kappa shape index (κ3) is 2.77. The number of rotatable bonds is 4. The lowest BCUT2D eigenvalue weighted by Gasteiger charge is -2.15. The molecule has 1 aromatic rings. The molecule has 1 aliphatic carbocycles. The molecule has 0 amide bonds. The number of nitriles is 1. The lowest BCUT2D eigenvalue weighted by molar-refractivity contribution is 0.237. The average Bonchev–Trinajstić information content (AvgIpc) is 2.97. The summed E-state index contributed by atoms with van der Waals surface area (Å²) in [6, 6.07) is 5.39. The van der Waals surface area contributed by atoms with Gasteiger partial charge in [-0.15, -0.1) is 0 Å². The van der Waals surface area contributed by atoms with E-state index in [-0.39, 0.29) is 5.41 Å². The number of ether oxygens (including phenoxy) is 1. The zero-order valence-electron chi connectivity index (χ0n) is 9.17. The monoisotopic (exact) mass is 270 g/mol. The van der Waals surface area contributed by atoms with Crippen LogP contribution in [0, 0.1) is 16.7 Å². The third-order valence-corrected chi connectivity index (χ3v) is 3.52. The Morgan fingerprint density at radius 3 is 2.41 bits per heavy atom. The van der Waals surface area contributed by atoms with Crippen LogP contribution >= 0.6 is 23.2 Å². The van der Waals surface area contributed by atoms with Crippen LogP contribution in [0.5, 0.6) is 5.75 Å². The van der Waals surface area contributed by atoms with Gasteiger partial charge in [-0.3, -0.25) is 0 Å². The van der Waals surface area contributed by atoms with Gasteiger partial charge < -0.3 is 10.5 Å². The number of halogens is 2. The minimum atomic E-state index is 0.00277. The predicted molar refractivity (Wildman–Crippen MR) is 68.3 cm³/mol. The summed E-state index contributed by atoms with van der Waals surface area (Å²) in [5.74, 6) is 0.451. The van der Waals surface area contributed by atoms with Gasteiger partial charge in [-0.25, -0.2) is 0 Å². The maximum atomic E-state index is 8.71. The molecular formula is C12H12Cl2N2O. The molecule has 0 aliphatic heterocycles. The molecule has 0 atom stereocenters. The smallest absolute Gasteiger partial charge is 0.156 e. The summed E-state index contributed by atoms with van der Waals surface area (Å²) >= 11 is 12.0. The van der Waals surface area contributed by atoms with E-state index in [0.29, 0.717) is 34.5 Å². The number of hydrogen-bond acceptors (Lipinski definition) is 3. The van der Waals surface area contributed by atoms with Gasteiger partial charge in [-0.1, -0.05) is 23.2 Å². The van der Waals surface area contributed by atoms with Crippen LogP contribution in [-0.4, -0.2) is 6.61 Å². The topological polar surface area (TPSA) is 59.0 Å². The van der Waals surface area contributed by atoms with E-state index in [1.54, 1.807) is 12.1 Å². The van der Waals surface area contributed by atoms with Gasteiger partial charge in [0, 0.05) is 17.5 Å². The van der Waals surface area contributed by atoms with Gasteiger partial charge in [0.25, 0.3) is 0 Å². The van der Waals surface area contributed by atoms with E-state index in [9.17, 15) is 0 Å². The summed E-state index contributed by atoms with van der Waals surface area (Å²) in [6.45, 7) is 0.476. The molecule has 0 unspecified atom stereocenters. The first kappa shape index (κ1) is 12.3. The molecule has 0 spiro atoms. The number of nitrogens with two attached hydrogens (primary N) is 1. The highest BCUT2D eigenvalue weighted by Crippen LogP contribution is 2.49. The molecule has 1 aliphatic rings. The van der Waals surface area contributed by atoms with Gasteiger partial charge in [0.05, 0.1) is 22.7 Å². The molecule has 1 aromatic carbocycles. The molecule has 0 aromatic heterocycles. The first-order valence-electron chi connectivity index (χ1n) is 5.31. The van der Waals surface area contributed by atoms with Crippen molar-refractivity contribution >= 4 is 28.9 Å². The second-order valence-electron chi connectivity index (χ2n) is 4.44. The summed E-state index contributed by atoms with van der Waals surface area (Å²) in [5, 5.41) is 9.52. The average molecular weight is 271 g/mol. The van der Waals surface area contributed by atoms with Gasteiger partial charge in [0.1, 0.15) is 0 Å². The molecule has 2 rings (SSSR count). The summed E-state index contributed by atoms with van der Waals surface area (Å²) in [7, 11) is 0. The number of hydrogen-bond donors (Lipinski definition) is 1. The van der Waals surface area contributed by atoms with E-state index < -0.39 is 0 Å². The van der Waals surface area contributed by atoms with Crippen LogP contribution in [0.25, 0.3) is 0 Å². The van der Waals surface area contributed by atoms with Crippen molar-refractivity contribution in [3.63, 3.8) is 0 Å². The Morgan fingerprint density at radius 1 is 1.35 bits per heavy atom. The number of nitrogens with zero attached hydrogens (tertiary/aromatic N) is 1. The predicted octanol–water partition coefficient (Wildman–Crippen LogP) is 3.65. The standard InChI is InChI=1S/C12H12Cl2N2O/c13-9-5-8(16)6-10(14)11(9)17-7-12(1-2-12)3-4-15/h5-6H,1-3,7,16H2. The molecule has 90 valence electrons. The molecule has 3 nitrogen and oxygen atoms in total. The van der Waals surface area contributed by atoms with Crippen LogP contribution in [-0.2, 0) is 0 Å². The van der Waals surface area contributed by atoms with Crippen molar-refractivity contribution in [3.05, 3.63) is 22.2 Å². The first-order valence-corrected chi connectivity index (χ1v) is 6.06. The Labute approximate surface area is 110 Å². The van der Waals surface area contributed by atoms with Crippen molar-refractivity contribution in [3.8, 4) is 11.8 Å². The quantitative estimate of drug-likeness (QED) is 0.850. The van der Waals surface area contributed by atoms with Crippen LogP contribution in [0.3, 0.4) is 0 Å². The maximum Gasteiger partial charge on any atom is 0.156 e. The molecule has 0 bridgehead atoms. The van der Waals surface area contributed by atoms with Gasteiger partial charge >= 0.3 is 0 Å². The molecular weight excluding hydrogens is 259 g/mol. The highest BCUT2D eigenvalue weighted by atomic mass is 35.5. The summed E-state index contributed by atoms with van der Waals surface area (Å²) in [4.78, 5) is 0. The SMILES string of the molecule is N#CCC1(COc2c(Cl)cc(N)cc2Cl)CC1. The summed E-state index contributed by atoms with van der Waals surface area (Å²) in [5.41, 5.74) is 6.11. The Hall–Kier alpha value is -1.11. The van der Waals surface area contributed by atoms with E-state index >= 15 is 0 Å². The van der Waals surface area contributed by atoms with Crippen molar-refractivity contribution in [2.24, 2.45) is 5.41 Å². The second-order valence-corrected chi connectivity index (χ2v) is 5.25. The van der Waals surface area contributed by atoms with Crippen molar-refractivity contribution in [1.82, 2.24) is 0 Å². The molecule has 0 saturated heterocycles. The van der Waals surface area contributed by atoms with Crippen molar-refractivity contribution < 1.29 is 4.74 Å². The minimum Gasteiger partial charge on any atom is -0.490 e. The van der Waals surface area contributed by atoms with Gasteiger partial charge in [0.15, 0.2) is 5.75 Å². The zero-order chi connectivity index (χ0) is 12.5. The molecule has 2 N–H and O–H groups in total. The zero-order valence-corrected chi connectivity index (χ0v) is 10.7. The molecule has 1 fully saturated rings. The Bertz CT molecular complexity index is 455. The van der Waals surface area contributed by atoms with Crippen molar-refractivity contribution in [2.75, 3.05) is 12.3 Å². The van der Waals surface area contributed by atoms with Crippen LogP contribution in [0.1, 0.15) is 19.3 Å². The largest absolute Gasteiger partial charge is 0.490 e. The number of anilines is 1. The van der Waals surface area contributed by atoms with E-state index in [4.69, 9.17) is 38.9 Å². The van der Waals surface area contributed by atoms with Crippen molar-refractivity contribution in [1.29, 1.82) is 5.26 Å². The molecule has 1 saturated carbocycles. The van der Waals surface area contributed by atoms with Crippen LogP contribution in [0.15, 0.2) is 12.1 Å². The number of benzene rings is 1. The van der Waals surface area contributed by atoms with E-state index in [1.807, 2.05) is 0 Å². The third-order valence-electron chi connectivity index (χ3n) is 2.95. The Balaban J connectivity index is 2.07.